The third-order valence-electron chi connectivity index (χ3n) is 5.04. The van der Waals surface area contributed by atoms with Crippen LogP contribution in [0, 0.1) is 29.6 Å². The molecule has 3 aromatic rings. The van der Waals surface area contributed by atoms with E-state index in [-0.39, 0.29) is 5.88 Å². The molecule has 0 spiro atoms. The summed E-state index contributed by atoms with van der Waals surface area (Å²) in [4.78, 5) is 0. The summed E-state index contributed by atoms with van der Waals surface area (Å²) in [5.41, 5.74) is 10.3. The van der Waals surface area contributed by atoms with Crippen LogP contribution in [0.15, 0.2) is 66.2 Å². The largest absolute Gasteiger partial charge is 0.497 e. The molecule has 6 nitrogen and oxygen atoms in total. The second kappa shape index (κ2) is 7.10. The number of fused-ring (bicyclic) bond motifs is 1. The minimum absolute atomic E-state index is 0.0227. The number of nitriles is 2. The summed E-state index contributed by atoms with van der Waals surface area (Å²) in [6.45, 7) is 2.00. The fourth-order valence-electron chi connectivity index (χ4n) is 3.57. The minimum atomic E-state index is -0.450. The van der Waals surface area contributed by atoms with E-state index in [0.29, 0.717) is 22.6 Å². The number of aryl methyl sites for hydroxylation is 1. The Labute approximate surface area is 168 Å². The highest BCUT2D eigenvalue weighted by Gasteiger charge is 2.36. The highest BCUT2D eigenvalue weighted by atomic mass is 16.5. The average molecular weight is 382 g/mol. The maximum absolute atomic E-state index is 9.81. The molecule has 1 aliphatic heterocycles. The van der Waals surface area contributed by atoms with E-state index < -0.39 is 5.92 Å². The number of allylic oxidation sites excluding steroid dienone is 1. The van der Waals surface area contributed by atoms with E-state index in [1.54, 1.807) is 13.3 Å². The molecule has 0 amide bonds. The van der Waals surface area contributed by atoms with E-state index in [0.717, 1.165) is 22.6 Å². The number of ether oxygens (including phenoxy) is 2. The molecule has 1 aromatic heterocycles. The SMILES string of the molecule is COc1ccc(-n2cc(C#N)c3c2C(c2ccc(C)cc2)C(C#N)=C(N)O3)cc1. The lowest BCUT2D eigenvalue weighted by molar-refractivity contribution is 0.390. The summed E-state index contributed by atoms with van der Waals surface area (Å²) in [6.07, 6.45) is 1.71. The Hall–Kier alpha value is -4.16. The zero-order valence-corrected chi connectivity index (χ0v) is 16.0. The number of hydrogen-bond donors (Lipinski definition) is 1. The van der Waals surface area contributed by atoms with Crippen LogP contribution in [0.4, 0.5) is 0 Å². The molecule has 29 heavy (non-hydrogen) atoms. The molecule has 0 bridgehead atoms. The normalized spacial score (nSPS) is 15.1. The van der Waals surface area contributed by atoms with Gasteiger partial charge in [-0.1, -0.05) is 29.8 Å². The van der Waals surface area contributed by atoms with Gasteiger partial charge in [0.2, 0.25) is 5.88 Å². The fraction of sp³-hybridized carbons (Fsp3) is 0.130. The second-order valence-corrected chi connectivity index (χ2v) is 6.77. The zero-order valence-electron chi connectivity index (χ0n) is 16.0. The first kappa shape index (κ1) is 18.2. The summed E-state index contributed by atoms with van der Waals surface area (Å²) in [5, 5.41) is 19.5. The van der Waals surface area contributed by atoms with E-state index in [1.807, 2.05) is 60.0 Å². The van der Waals surface area contributed by atoms with Crippen molar-refractivity contribution in [3.8, 4) is 29.3 Å². The number of nitrogens with zero attached hydrogens (tertiary/aromatic N) is 3. The van der Waals surface area contributed by atoms with E-state index in [9.17, 15) is 10.5 Å². The lowest BCUT2D eigenvalue weighted by Crippen LogP contribution is -2.22. The molecule has 0 radical (unpaired) electrons. The molecule has 2 N–H and O–H groups in total. The second-order valence-electron chi connectivity index (χ2n) is 6.77. The highest BCUT2D eigenvalue weighted by Crippen LogP contribution is 2.45. The van der Waals surface area contributed by atoms with E-state index in [2.05, 4.69) is 12.1 Å². The van der Waals surface area contributed by atoms with E-state index in [1.165, 1.54) is 0 Å². The topological polar surface area (TPSA) is 97.0 Å². The van der Waals surface area contributed by atoms with Gasteiger partial charge in [-0.3, -0.25) is 0 Å². The number of methoxy groups -OCH3 is 1. The van der Waals surface area contributed by atoms with Crippen molar-refractivity contribution in [1.29, 1.82) is 10.5 Å². The maximum atomic E-state index is 9.81. The third kappa shape index (κ3) is 2.97. The summed E-state index contributed by atoms with van der Waals surface area (Å²) in [5.74, 6) is 0.678. The van der Waals surface area contributed by atoms with Crippen LogP contribution < -0.4 is 15.2 Å². The molecule has 142 valence electrons. The van der Waals surface area contributed by atoms with Crippen molar-refractivity contribution in [2.75, 3.05) is 7.11 Å². The van der Waals surface area contributed by atoms with Crippen LogP contribution >= 0.6 is 0 Å². The van der Waals surface area contributed by atoms with Crippen LogP contribution in [0.2, 0.25) is 0 Å². The monoisotopic (exact) mass is 382 g/mol. The van der Waals surface area contributed by atoms with Gasteiger partial charge >= 0.3 is 0 Å². The Morgan fingerprint density at radius 3 is 2.31 bits per heavy atom. The standard InChI is InChI=1S/C23H18N4O2/c1-14-3-5-15(6-4-14)20-19(12-25)23(26)29-22-16(11-24)13-27(21(20)22)17-7-9-18(28-2)10-8-17/h3-10,13,20H,26H2,1-2H3. The summed E-state index contributed by atoms with van der Waals surface area (Å²) >= 11 is 0. The van der Waals surface area contributed by atoms with Crippen LogP contribution in [0.5, 0.6) is 11.5 Å². The first-order chi connectivity index (χ1) is 14.1. The van der Waals surface area contributed by atoms with Gasteiger partial charge in [-0.25, -0.2) is 0 Å². The molecule has 2 heterocycles. The Morgan fingerprint density at radius 2 is 1.72 bits per heavy atom. The molecular weight excluding hydrogens is 364 g/mol. The van der Waals surface area contributed by atoms with Crippen LogP contribution in [-0.4, -0.2) is 11.7 Å². The van der Waals surface area contributed by atoms with Crippen molar-refractivity contribution in [2.24, 2.45) is 5.73 Å². The van der Waals surface area contributed by atoms with Crippen LogP contribution in [0.1, 0.15) is 28.3 Å². The summed E-state index contributed by atoms with van der Waals surface area (Å²) < 4.78 is 12.9. The number of aromatic nitrogens is 1. The number of rotatable bonds is 3. The molecule has 0 saturated heterocycles. The number of nitrogens with two attached hydrogens (primary N) is 1. The lowest BCUT2D eigenvalue weighted by Gasteiger charge is -2.26. The van der Waals surface area contributed by atoms with E-state index in [4.69, 9.17) is 15.2 Å². The summed E-state index contributed by atoms with van der Waals surface area (Å²) in [6, 6.07) is 19.7. The quantitative estimate of drug-likeness (QED) is 0.741. The van der Waals surface area contributed by atoms with Gasteiger partial charge in [-0.2, -0.15) is 10.5 Å². The van der Waals surface area contributed by atoms with Gasteiger partial charge in [0.15, 0.2) is 5.75 Å². The molecule has 1 atom stereocenters. The van der Waals surface area contributed by atoms with Gasteiger partial charge in [0.05, 0.1) is 18.7 Å². The average Bonchev–Trinajstić information content (AvgIpc) is 3.11. The predicted octanol–water partition coefficient (Wildman–Crippen LogP) is 3.88. The third-order valence-corrected chi connectivity index (χ3v) is 5.04. The van der Waals surface area contributed by atoms with Crippen molar-refractivity contribution in [3.05, 3.63) is 88.6 Å². The molecule has 1 unspecified atom stereocenters. The van der Waals surface area contributed by atoms with Crippen LogP contribution in [0.25, 0.3) is 5.69 Å². The molecule has 0 aliphatic carbocycles. The van der Waals surface area contributed by atoms with E-state index >= 15 is 0 Å². The van der Waals surface area contributed by atoms with Crippen molar-refractivity contribution < 1.29 is 9.47 Å². The van der Waals surface area contributed by atoms with Crippen molar-refractivity contribution >= 4 is 0 Å². The van der Waals surface area contributed by atoms with Gasteiger partial charge in [0, 0.05) is 11.9 Å². The molecular formula is C23H18N4O2. The molecule has 4 rings (SSSR count). The molecule has 6 heteroatoms. The van der Waals surface area contributed by atoms with Crippen molar-refractivity contribution in [2.45, 2.75) is 12.8 Å². The van der Waals surface area contributed by atoms with Crippen molar-refractivity contribution in [3.63, 3.8) is 0 Å². The maximum Gasteiger partial charge on any atom is 0.205 e. The molecule has 0 saturated carbocycles. The van der Waals surface area contributed by atoms with Gasteiger partial charge in [0.25, 0.3) is 0 Å². The Bertz CT molecular complexity index is 1190. The van der Waals surface area contributed by atoms with Crippen LogP contribution in [0.3, 0.4) is 0 Å². The van der Waals surface area contributed by atoms with Gasteiger partial charge in [0.1, 0.15) is 29.0 Å². The first-order valence-corrected chi connectivity index (χ1v) is 9.01. The van der Waals surface area contributed by atoms with Crippen molar-refractivity contribution in [1.82, 2.24) is 4.57 Å². The minimum Gasteiger partial charge on any atom is -0.497 e. The Balaban J connectivity index is 1.98. The van der Waals surface area contributed by atoms with Crippen LogP contribution in [-0.2, 0) is 0 Å². The molecule has 0 fully saturated rings. The highest BCUT2D eigenvalue weighted by molar-refractivity contribution is 5.62. The number of benzene rings is 2. The zero-order chi connectivity index (χ0) is 20.5. The molecule has 1 aliphatic rings. The first-order valence-electron chi connectivity index (χ1n) is 9.01. The van der Waals surface area contributed by atoms with Gasteiger partial charge in [-0.15, -0.1) is 0 Å². The lowest BCUT2D eigenvalue weighted by atomic mass is 9.86. The van der Waals surface area contributed by atoms with Gasteiger partial charge in [-0.05, 0) is 36.8 Å². The van der Waals surface area contributed by atoms with Gasteiger partial charge < -0.3 is 19.8 Å². The number of hydrogen-bond acceptors (Lipinski definition) is 5. The molecule has 2 aromatic carbocycles. The summed E-state index contributed by atoms with van der Waals surface area (Å²) in [7, 11) is 1.61. The predicted molar refractivity (Wildman–Crippen MR) is 108 cm³/mol. The Kier molecular flexibility index (Phi) is 4.46. The fourth-order valence-corrected chi connectivity index (χ4v) is 3.57. The smallest absolute Gasteiger partial charge is 0.205 e. The Morgan fingerprint density at radius 1 is 1.03 bits per heavy atom.